The molecule has 284 valence electrons. The molecule has 10 aromatic rings. The van der Waals surface area contributed by atoms with Gasteiger partial charge < -0.3 is 9.80 Å². The average molecular weight is 767 g/mol. The third kappa shape index (κ3) is 6.40. The van der Waals surface area contributed by atoms with Crippen LogP contribution in [0.2, 0.25) is 0 Å². The Hall–Kier alpha value is -7.68. The summed E-state index contributed by atoms with van der Waals surface area (Å²) in [5.74, 6) is 0. The van der Waals surface area contributed by atoms with E-state index in [4.69, 9.17) is 0 Å². The second-order valence-electron chi connectivity index (χ2n) is 15.7. The van der Waals surface area contributed by atoms with Crippen molar-refractivity contribution in [2.75, 3.05) is 9.80 Å². The molecule has 0 saturated heterocycles. The monoisotopic (exact) mass is 766 g/mol. The number of anilines is 6. The van der Waals surface area contributed by atoms with Gasteiger partial charge >= 0.3 is 0 Å². The zero-order valence-corrected chi connectivity index (χ0v) is 33.2. The van der Waals surface area contributed by atoms with Crippen molar-refractivity contribution in [1.82, 2.24) is 0 Å². The largest absolute Gasteiger partial charge is 0.310 e. The molecule has 0 spiro atoms. The fourth-order valence-electron chi connectivity index (χ4n) is 9.33. The van der Waals surface area contributed by atoms with Crippen LogP contribution < -0.4 is 9.80 Å². The molecule has 1 aliphatic rings. The molecule has 2 nitrogen and oxygen atoms in total. The third-order valence-corrected chi connectivity index (χ3v) is 12.1. The quantitative estimate of drug-likeness (QED) is 0.142. The Balaban J connectivity index is 1.01. The second-order valence-corrected chi connectivity index (χ2v) is 15.7. The van der Waals surface area contributed by atoms with Gasteiger partial charge in [0.1, 0.15) is 0 Å². The first-order chi connectivity index (χ1) is 29.8. The minimum atomic E-state index is 0.885. The minimum absolute atomic E-state index is 0.885. The Kier molecular flexibility index (Phi) is 9.02. The lowest BCUT2D eigenvalue weighted by Crippen LogP contribution is -2.11. The summed E-state index contributed by atoms with van der Waals surface area (Å²) in [5, 5.41) is 7.58. The van der Waals surface area contributed by atoms with Gasteiger partial charge in [0, 0.05) is 34.1 Å². The van der Waals surface area contributed by atoms with Gasteiger partial charge in [-0.15, -0.1) is 0 Å². The summed E-state index contributed by atoms with van der Waals surface area (Å²) in [7, 11) is 0. The summed E-state index contributed by atoms with van der Waals surface area (Å²) in [4.78, 5) is 4.70. The van der Waals surface area contributed by atoms with Crippen molar-refractivity contribution in [2.24, 2.45) is 0 Å². The van der Waals surface area contributed by atoms with Gasteiger partial charge in [0.15, 0.2) is 0 Å². The van der Waals surface area contributed by atoms with Gasteiger partial charge in [0.2, 0.25) is 0 Å². The average Bonchev–Trinajstić information content (AvgIpc) is 3.32. The minimum Gasteiger partial charge on any atom is -0.310 e. The Bertz CT molecular complexity index is 3050. The number of hydrogen-bond acceptors (Lipinski definition) is 2. The van der Waals surface area contributed by atoms with Crippen LogP contribution in [0.4, 0.5) is 34.1 Å². The number of nitrogens with zero attached hydrogens (tertiary/aromatic N) is 2. The number of allylic oxidation sites excluding steroid dienone is 2. The SMILES string of the molecule is C1=C(c2c3ccccc3c(-c3ccc4ccc(N(c5ccccc5)c5ccccc5)cc4c3)c3ccccc23)Cc2ccc(N(c3ccccc3)c3ccccc3)cc2C1. The lowest BCUT2D eigenvalue weighted by Gasteiger charge is -2.28. The molecule has 0 fully saturated rings. The van der Waals surface area contributed by atoms with Crippen molar-refractivity contribution in [1.29, 1.82) is 0 Å². The van der Waals surface area contributed by atoms with Crippen molar-refractivity contribution in [2.45, 2.75) is 12.8 Å². The van der Waals surface area contributed by atoms with Crippen LogP contribution in [0.25, 0.3) is 49.0 Å². The molecular formula is C58H42N2. The van der Waals surface area contributed by atoms with E-state index >= 15 is 0 Å². The number of hydrogen-bond donors (Lipinski definition) is 0. The maximum Gasteiger partial charge on any atom is 0.0468 e. The Morgan fingerprint density at radius 2 is 0.733 bits per heavy atom. The van der Waals surface area contributed by atoms with Crippen molar-refractivity contribution in [3.8, 4) is 11.1 Å². The van der Waals surface area contributed by atoms with Gasteiger partial charge in [-0.3, -0.25) is 0 Å². The maximum atomic E-state index is 2.48. The molecule has 0 radical (unpaired) electrons. The van der Waals surface area contributed by atoms with E-state index < -0.39 is 0 Å². The van der Waals surface area contributed by atoms with E-state index in [1.54, 1.807) is 0 Å². The molecule has 11 rings (SSSR count). The summed E-state index contributed by atoms with van der Waals surface area (Å²) in [6, 6.07) is 81.6. The molecule has 0 unspecified atom stereocenters. The fraction of sp³-hybridized carbons (Fsp3) is 0.0345. The fourth-order valence-corrected chi connectivity index (χ4v) is 9.33. The highest BCUT2D eigenvalue weighted by atomic mass is 15.1. The predicted octanol–water partition coefficient (Wildman–Crippen LogP) is 15.9. The van der Waals surface area contributed by atoms with Crippen LogP contribution in [0.1, 0.15) is 16.7 Å². The molecule has 0 atom stereocenters. The van der Waals surface area contributed by atoms with Crippen LogP contribution in [-0.4, -0.2) is 0 Å². The van der Waals surface area contributed by atoms with Gasteiger partial charge in [0.25, 0.3) is 0 Å². The van der Waals surface area contributed by atoms with Gasteiger partial charge in [0.05, 0.1) is 0 Å². The third-order valence-electron chi connectivity index (χ3n) is 12.1. The van der Waals surface area contributed by atoms with Gasteiger partial charge in [-0.1, -0.05) is 152 Å². The number of benzene rings is 10. The van der Waals surface area contributed by atoms with E-state index in [2.05, 4.69) is 240 Å². The summed E-state index contributed by atoms with van der Waals surface area (Å²) < 4.78 is 0. The standard InChI is InChI=1S/C58H42N2/c1-5-17-47(18-6-1)59(48-19-7-2-8-20-48)51-36-34-42-37-44(32-30-43(42)39-51)57-53-25-13-15-27-55(53)58(56-28-16-14-26-54(56)57)45-31-29-41-33-35-52(40-46(41)38-45)60(49-21-9-3-10-22-49)50-23-11-4-12-24-50/h1-29,31-36,38-40H,30,37H2. The molecule has 0 heterocycles. The Morgan fingerprint density at radius 3 is 1.25 bits per heavy atom. The lowest BCUT2D eigenvalue weighted by atomic mass is 9.81. The molecule has 0 aromatic heterocycles. The molecule has 0 N–H and O–H groups in total. The van der Waals surface area contributed by atoms with Crippen molar-refractivity contribution in [3.63, 3.8) is 0 Å². The van der Waals surface area contributed by atoms with E-state index in [1.807, 2.05) is 0 Å². The van der Waals surface area contributed by atoms with Crippen molar-refractivity contribution in [3.05, 3.63) is 247 Å². The molecule has 1 aliphatic carbocycles. The van der Waals surface area contributed by atoms with E-state index in [9.17, 15) is 0 Å². The summed E-state index contributed by atoms with van der Waals surface area (Å²) in [6.45, 7) is 0. The Labute approximate surface area is 351 Å². The maximum absolute atomic E-state index is 2.48. The molecule has 10 aromatic carbocycles. The first-order valence-electron chi connectivity index (χ1n) is 20.9. The van der Waals surface area contributed by atoms with Crippen LogP contribution in [0, 0.1) is 0 Å². The van der Waals surface area contributed by atoms with Gasteiger partial charge in [-0.2, -0.15) is 0 Å². The molecule has 0 amide bonds. The molecular weight excluding hydrogens is 725 g/mol. The van der Waals surface area contributed by atoms with Crippen LogP contribution >= 0.6 is 0 Å². The normalized spacial score (nSPS) is 12.3. The summed E-state index contributed by atoms with van der Waals surface area (Å²) in [5.41, 5.74) is 14.9. The van der Waals surface area contributed by atoms with Crippen molar-refractivity contribution >= 4 is 72.0 Å². The molecule has 0 aliphatic heterocycles. The molecule has 60 heavy (non-hydrogen) atoms. The zero-order chi connectivity index (χ0) is 39.8. The van der Waals surface area contributed by atoms with Crippen LogP contribution in [0.15, 0.2) is 231 Å². The topological polar surface area (TPSA) is 6.48 Å². The summed E-state index contributed by atoms with van der Waals surface area (Å²) in [6.07, 6.45) is 4.26. The predicted molar refractivity (Wildman–Crippen MR) is 256 cm³/mol. The van der Waals surface area contributed by atoms with E-state index in [0.717, 1.165) is 41.3 Å². The number of fused-ring (bicyclic) bond motifs is 4. The number of para-hydroxylation sites is 4. The summed E-state index contributed by atoms with van der Waals surface area (Å²) >= 11 is 0. The first-order valence-corrected chi connectivity index (χ1v) is 20.9. The first kappa shape index (κ1) is 35.5. The molecule has 0 bridgehead atoms. The molecule has 2 heteroatoms. The van der Waals surface area contributed by atoms with Crippen LogP contribution in [-0.2, 0) is 12.8 Å². The van der Waals surface area contributed by atoms with E-state index in [1.165, 1.54) is 71.4 Å². The lowest BCUT2D eigenvalue weighted by molar-refractivity contribution is 1.10. The zero-order valence-electron chi connectivity index (χ0n) is 33.2. The van der Waals surface area contributed by atoms with Crippen LogP contribution in [0.5, 0.6) is 0 Å². The van der Waals surface area contributed by atoms with E-state index in [0.29, 0.717) is 0 Å². The van der Waals surface area contributed by atoms with Gasteiger partial charge in [-0.25, -0.2) is 0 Å². The number of rotatable bonds is 8. The second kappa shape index (κ2) is 15.2. The van der Waals surface area contributed by atoms with Crippen LogP contribution in [0.3, 0.4) is 0 Å². The molecule has 0 saturated carbocycles. The van der Waals surface area contributed by atoms with Crippen molar-refractivity contribution < 1.29 is 0 Å². The highest BCUT2D eigenvalue weighted by molar-refractivity contribution is 6.19. The highest BCUT2D eigenvalue weighted by Crippen LogP contribution is 2.45. The smallest absolute Gasteiger partial charge is 0.0468 e. The van der Waals surface area contributed by atoms with Gasteiger partial charge in [-0.05, 0) is 157 Å². The highest BCUT2D eigenvalue weighted by Gasteiger charge is 2.22. The Morgan fingerprint density at radius 1 is 0.300 bits per heavy atom. The van der Waals surface area contributed by atoms with E-state index in [-0.39, 0.29) is 0 Å².